The normalized spacial score (nSPS) is 12.8. The summed E-state index contributed by atoms with van der Waals surface area (Å²) in [5.74, 6) is -0.351. The van der Waals surface area contributed by atoms with Crippen LogP contribution >= 0.6 is 0 Å². The van der Waals surface area contributed by atoms with E-state index in [-0.39, 0.29) is 48.9 Å². The molecule has 6 N–H and O–H groups in total. The Hall–Kier alpha value is -2.17. The summed E-state index contributed by atoms with van der Waals surface area (Å²) in [7, 11) is 0. The van der Waals surface area contributed by atoms with Gasteiger partial charge in [0.05, 0.1) is 13.2 Å². The number of aromatic nitrogens is 4. The van der Waals surface area contributed by atoms with Gasteiger partial charge in [-0.25, -0.2) is 4.98 Å². The third kappa shape index (κ3) is 4.18. The number of nitrogens with two attached hydrogens (primary N) is 2. The number of aromatic hydroxyl groups is 1. The molecule has 1 atom stereocenters. The van der Waals surface area contributed by atoms with Crippen LogP contribution < -0.4 is 11.5 Å². The Morgan fingerprint density at radius 3 is 2.74 bits per heavy atom. The molecule has 128 valence electrons. The molecule has 0 fully saturated rings. The lowest BCUT2D eigenvalue weighted by atomic mass is 10.3. The Kier molecular flexibility index (Phi) is 5.90. The molecule has 2 aromatic rings. The quantitative estimate of drug-likeness (QED) is 0.460. The first-order valence-corrected chi connectivity index (χ1v) is 7.35. The summed E-state index contributed by atoms with van der Waals surface area (Å²) in [4.78, 5) is 11.6. The Balaban J connectivity index is 2.04. The number of unbranched alkanes of at least 4 members (excludes halogenated alkanes) is 1. The highest BCUT2D eigenvalue weighted by atomic mass is 16.5. The molecule has 0 saturated carbocycles. The lowest BCUT2D eigenvalue weighted by molar-refractivity contribution is -0.0662. The van der Waals surface area contributed by atoms with Crippen molar-refractivity contribution >= 4 is 23.1 Å². The van der Waals surface area contributed by atoms with Gasteiger partial charge in [-0.2, -0.15) is 9.97 Å². The summed E-state index contributed by atoms with van der Waals surface area (Å²) in [6, 6.07) is 0. The number of ether oxygens (including phenoxy) is 2. The molecule has 0 aliphatic rings. The van der Waals surface area contributed by atoms with E-state index in [1.807, 2.05) is 0 Å². The topological polar surface area (TPSA) is 155 Å². The van der Waals surface area contributed by atoms with Gasteiger partial charge in [-0.15, -0.1) is 0 Å². The van der Waals surface area contributed by atoms with Crippen molar-refractivity contribution in [2.24, 2.45) is 0 Å². The van der Waals surface area contributed by atoms with Crippen molar-refractivity contribution in [2.45, 2.75) is 32.6 Å². The zero-order valence-corrected chi connectivity index (χ0v) is 13.0. The predicted molar refractivity (Wildman–Crippen MR) is 83.5 cm³/mol. The molecule has 0 radical (unpaired) electrons. The number of fused-ring (bicyclic) bond motifs is 1. The third-order valence-electron chi connectivity index (χ3n) is 3.21. The van der Waals surface area contributed by atoms with Crippen molar-refractivity contribution in [3.63, 3.8) is 0 Å². The van der Waals surface area contributed by atoms with E-state index in [9.17, 15) is 10.2 Å². The lowest BCUT2D eigenvalue weighted by Crippen LogP contribution is -2.26. The molecule has 2 heterocycles. The molecule has 0 aromatic carbocycles. The first-order chi connectivity index (χ1) is 11.1. The van der Waals surface area contributed by atoms with Crippen molar-refractivity contribution in [1.29, 1.82) is 0 Å². The maximum absolute atomic E-state index is 9.72. The Labute approximate surface area is 133 Å². The van der Waals surface area contributed by atoms with Gasteiger partial charge < -0.3 is 31.2 Å². The number of aliphatic hydroxyl groups is 1. The summed E-state index contributed by atoms with van der Waals surface area (Å²) in [6.45, 7) is 2.75. The lowest BCUT2D eigenvalue weighted by Gasteiger charge is -2.16. The Morgan fingerprint density at radius 2 is 2.04 bits per heavy atom. The average Bonchev–Trinajstić information content (AvgIpc) is 2.83. The minimum atomic E-state index is -0.503. The van der Waals surface area contributed by atoms with Crippen LogP contribution in [0.4, 0.5) is 11.9 Å². The van der Waals surface area contributed by atoms with Gasteiger partial charge in [-0.05, 0) is 6.42 Å². The molecule has 10 nitrogen and oxygen atoms in total. The van der Waals surface area contributed by atoms with Crippen LogP contribution in [0, 0.1) is 0 Å². The predicted octanol–water partition coefficient (Wildman–Crippen LogP) is -0.152. The van der Waals surface area contributed by atoms with E-state index in [4.69, 9.17) is 20.9 Å². The molecular weight excluding hydrogens is 304 g/mol. The maximum Gasteiger partial charge on any atom is 0.244 e. The minimum absolute atomic E-state index is 0.0133. The standard InChI is InChI=1S/C13H22N6O4/c1-2-3-4-22-6-8(5-20)23-7-19-10-9(16-13(19)15)11(21)18-12(14)17-10/h8,20H,2-7H2,1H3,(H2,15,16)(H3,14,17,18,21). The van der Waals surface area contributed by atoms with Crippen molar-refractivity contribution in [3.05, 3.63) is 0 Å². The summed E-state index contributed by atoms with van der Waals surface area (Å²) in [5, 5.41) is 19.1. The highest BCUT2D eigenvalue weighted by molar-refractivity contribution is 5.79. The second-order valence-corrected chi connectivity index (χ2v) is 5.00. The number of imidazole rings is 1. The van der Waals surface area contributed by atoms with Crippen LogP contribution in [0.2, 0.25) is 0 Å². The molecular formula is C13H22N6O4. The second-order valence-electron chi connectivity index (χ2n) is 5.00. The summed E-state index contributed by atoms with van der Waals surface area (Å²) in [6.07, 6.45) is 1.48. The molecule has 1 unspecified atom stereocenters. The minimum Gasteiger partial charge on any atom is -0.492 e. The van der Waals surface area contributed by atoms with E-state index >= 15 is 0 Å². The Bertz CT molecular complexity index is 647. The van der Waals surface area contributed by atoms with Gasteiger partial charge in [0.15, 0.2) is 11.2 Å². The van der Waals surface area contributed by atoms with Gasteiger partial charge in [-0.1, -0.05) is 13.3 Å². The first kappa shape index (κ1) is 17.2. The Morgan fingerprint density at radius 1 is 1.26 bits per heavy atom. The molecule has 0 spiro atoms. The molecule has 0 amide bonds. The summed E-state index contributed by atoms with van der Waals surface area (Å²) < 4.78 is 12.4. The van der Waals surface area contributed by atoms with Gasteiger partial charge >= 0.3 is 0 Å². The van der Waals surface area contributed by atoms with Crippen LogP contribution in [0.3, 0.4) is 0 Å². The smallest absolute Gasteiger partial charge is 0.244 e. The number of nitrogens with zero attached hydrogens (tertiary/aromatic N) is 4. The molecule has 10 heteroatoms. The van der Waals surface area contributed by atoms with Crippen molar-refractivity contribution in [2.75, 3.05) is 31.3 Å². The molecule has 0 bridgehead atoms. The zero-order chi connectivity index (χ0) is 16.8. The van der Waals surface area contributed by atoms with Crippen molar-refractivity contribution < 1.29 is 19.7 Å². The maximum atomic E-state index is 9.72. The van der Waals surface area contributed by atoms with E-state index in [0.717, 1.165) is 12.8 Å². The highest BCUT2D eigenvalue weighted by Gasteiger charge is 2.17. The number of aliphatic hydroxyl groups excluding tert-OH is 1. The zero-order valence-electron chi connectivity index (χ0n) is 13.0. The van der Waals surface area contributed by atoms with Crippen LogP contribution in [-0.2, 0) is 16.2 Å². The number of anilines is 2. The third-order valence-corrected chi connectivity index (χ3v) is 3.21. The fourth-order valence-electron chi connectivity index (χ4n) is 1.94. The number of rotatable bonds is 9. The highest BCUT2D eigenvalue weighted by Crippen LogP contribution is 2.23. The van der Waals surface area contributed by atoms with Gasteiger partial charge in [-0.3, -0.25) is 4.57 Å². The van der Waals surface area contributed by atoms with Gasteiger partial charge in [0.2, 0.25) is 17.8 Å². The number of hydrogen-bond donors (Lipinski definition) is 4. The van der Waals surface area contributed by atoms with E-state index < -0.39 is 6.10 Å². The van der Waals surface area contributed by atoms with E-state index in [0.29, 0.717) is 6.61 Å². The molecule has 0 aliphatic carbocycles. The second kappa shape index (κ2) is 7.90. The number of nitrogen functional groups attached to an aromatic ring is 2. The average molecular weight is 326 g/mol. The van der Waals surface area contributed by atoms with Crippen LogP contribution in [-0.4, -0.2) is 55.7 Å². The van der Waals surface area contributed by atoms with Crippen molar-refractivity contribution in [3.8, 4) is 5.88 Å². The summed E-state index contributed by atoms with van der Waals surface area (Å²) in [5.41, 5.74) is 11.7. The monoisotopic (exact) mass is 326 g/mol. The molecule has 2 aromatic heterocycles. The number of hydrogen-bond acceptors (Lipinski definition) is 9. The molecule has 0 saturated heterocycles. The largest absolute Gasteiger partial charge is 0.492 e. The van der Waals surface area contributed by atoms with Gasteiger partial charge in [0.1, 0.15) is 12.8 Å². The summed E-state index contributed by atoms with van der Waals surface area (Å²) >= 11 is 0. The fourth-order valence-corrected chi connectivity index (χ4v) is 1.94. The fraction of sp³-hybridized carbons (Fsp3) is 0.615. The van der Waals surface area contributed by atoms with Gasteiger partial charge in [0.25, 0.3) is 0 Å². The SMILES string of the molecule is CCCCOCC(CO)OCn1c(N)nc2c(O)nc(N)nc21. The molecule has 0 aliphatic heterocycles. The van der Waals surface area contributed by atoms with Gasteiger partial charge in [0, 0.05) is 6.61 Å². The van der Waals surface area contributed by atoms with E-state index in [2.05, 4.69) is 21.9 Å². The van der Waals surface area contributed by atoms with E-state index in [1.165, 1.54) is 4.57 Å². The first-order valence-electron chi connectivity index (χ1n) is 7.35. The molecule has 2 rings (SSSR count). The van der Waals surface area contributed by atoms with Crippen molar-refractivity contribution in [1.82, 2.24) is 19.5 Å². The molecule has 23 heavy (non-hydrogen) atoms. The van der Waals surface area contributed by atoms with Crippen LogP contribution in [0.25, 0.3) is 11.2 Å². The van der Waals surface area contributed by atoms with Crippen LogP contribution in [0.1, 0.15) is 19.8 Å². The van der Waals surface area contributed by atoms with Crippen LogP contribution in [0.5, 0.6) is 5.88 Å². The van der Waals surface area contributed by atoms with Crippen LogP contribution in [0.15, 0.2) is 0 Å². The van der Waals surface area contributed by atoms with E-state index in [1.54, 1.807) is 0 Å².